The van der Waals surface area contributed by atoms with E-state index in [-0.39, 0.29) is 55.8 Å². The second kappa shape index (κ2) is 9.67. The fourth-order valence-corrected chi connectivity index (χ4v) is 4.74. The summed E-state index contributed by atoms with van der Waals surface area (Å²) in [6, 6.07) is 3.07. The van der Waals surface area contributed by atoms with Crippen molar-refractivity contribution < 1.29 is 28.0 Å². The minimum absolute atomic E-state index is 0.0758. The molecule has 7 nitrogen and oxygen atoms in total. The van der Waals surface area contributed by atoms with Crippen LogP contribution in [0.15, 0.2) is 24.3 Å². The number of fused-ring (bicyclic) bond motifs is 1. The average Bonchev–Trinajstić information content (AvgIpc) is 3.05. The summed E-state index contributed by atoms with van der Waals surface area (Å²) < 4.78 is 29.8. The van der Waals surface area contributed by atoms with E-state index in [1.807, 2.05) is 0 Å². The summed E-state index contributed by atoms with van der Waals surface area (Å²) in [4.78, 5) is 51.0. The molecule has 2 aromatic carbocycles. The molecule has 1 unspecified atom stereocenters. The van der Waals surface area contributed by atoms with E-state index in [0.29, 0.717) is 0 Å². The quantitative estimate of drug-likeness (QED) is 0.353. The van der Waals surface area contributed by atoms with Gasteiger partial charge in [0.25, 0.3) is 11.8 Å². The van der Waals surface area contributed by atoms with Crippen LogP contribution < -0.4 is 21.7 Å². The Bertz CT molecular complexity index is 1390. The Morgan fingerprint density at radius 3 is 2.29 bits per heavy atom. The minimum atomic E-state index is -4.05. The van der Waals surface area contributed by atoms with Crippen molar-refractivity contribution in [3.63, 3.8) is 0 Å². The Labute approximate surface area is 229 Å². The highest BCUT2D eigenvalue weighted by Gasteiger charge is 2.50. The maximum absolute atomic E-state index is 14.9. The number of nitrogens with one attached hydrogen (secondary N) is 1. The van der Waals surface area contributed by atoms with Crippen LogP contribution in [0, 0.1) is 0 Å². The van der Waals surface area contributed by atoms with Gasteiger partial charge in [-0.05, 0) is 35.0 Å². The lowest BCUT2D eigenvalue weighted by atomic mass is 9.53. The van der Waals surface area contributed by atoms with Gasteiger partial charge in [-0.2, -0.15) is 8.78 Å². The number of carbonyl (C=O) groups excluding carboxylic acids is 4. The molecule has 0 aliphatic carbocycles. The van der Waals surface area contributed by atoms with Gasteiger partial charge in [-0.3, -0.25) is 24.5 Å². The highest BCUT2D eigenvalue weighted by molar-refractivity contribution is 6.56. The molecular formula is C22H12B6ClF2N3O4. The van der Waals surface area contributed by atoms with Gasteiger partial charge in [0.1, 0.15) is 29.6 Å². The van der Waals surface area contributed by atoms with Crippen LogP contribution in [0.25, 0.3) is 0 Å². The molecule has 1 saturated heterocycles. The summed E-state index contributed by atoms with van der Waals surface area (Å²) in [7, 11) is 36.7. The standard InChI is InChI=1S/C22H12B6ClF2N3O4/c23-15-10(7-33(28)20(38)21(30,31)8-1-3-9(29)4-2-8)16(24)17(25)13-14(15)22(26,27)34(19(13)37)11-5-6-12(35)32-18(11)36/h1-4,11H,5-7H2,(H,32,35,36). The predicted octanol–water partition coefficient (Wildman–Crippen LogP) is -2.37. The van der Waals surface area contributed by atoms with Crippen molar-refractivity contribution in [3.8, 4) is 0 Å². The molecule has 0 bridgehead atoms. The lowest BCUT2D eigenvalue weighted by Gasteiger charge is -2.41. The first kappa shape index (κ1) is 28.1. The van der Waals surface area contributed by atoms with Crippen LogP contribution in [0.5, 0.6) is 0 Å². The lowest BCUT2D eigenvalue weighted by molar-refractivity contribution is -0.154. The van der Waals surface area contributed by atoms with Crippen molar-refractivity contribution in [2.45, 2.75) is 36.7 Å². The zero-order valence-corrected chi connectivity index (χ0v) is 20.4. The summed E-state index contributed by atoms with van der Waals surface area (Å²) in [5.41, 5.74) is -2.40. The lowest BCUT2D eigenvalue weighted by Crippen LogP contribution is -2.59. The Morgan fingerprint density at radius 2 is 1.71 bits per heavy atom. The fraction of sp³-hybridized carbons (Fsp3) is 0.273. The number of imide groups is 1. The molecule has 0 spiro atoms. The number of carbonyl (C=O) groups is 4. The number of halogens is 3. The minimum Gasteiger partial charge on any atom is -0.387 e. The van der Waals surface area contributed by atoms with Crippen LogP contribution in [0.3, 0.4) is 0 Å². The molecule has 16 heteroatoms. The second-order valence-corrected chi connectivity index (χ2v) is 9.39. The fourth-order valence-electron chi connectivity index (χ4n) is 4.61. The number of alkyl halides is 2. The van der Waals surface area contributed by atoms with Crippen LogP contribution in [0.1, 0.15) is 39.9 Å². The maximum atomic E-state index is 14.9. The largest absolute Gasteiger partial charge is 0.387 e. The van der Waals surface area contributed by atoms with Gasteiger partial charge in [0.05, 0.1) is 15.7 Å². The average molecular weight is 521 g/mol. The molecule has 38 heavy (non-hydrogen) atoms. The summed E-state index contributed by atoms with van der Waals surface area (Å²) in [5, 5.41) is 0.0713. The Morgan fingerprint density at radius 1 is 1.11 bits per heavy atom. The van der Waals surface area contributed by atoms with Gasteiger partial charge in [-0.1, -0.05) is 40.1 Å². The number of nitrogens with zero attached hydrogens (tertiary/aromatic N) is 2. The molecule has 4 rings (SSSR count). The molecule has 2 aliphatic heterocycles. The van der Waals surface area contributed by atoms with Crippen LogP contribution in [0.2, 0.25) is 5.02 Å². The van der Waals surface area contributed by atoms with E-state index in [0.717, 1.165) is 17.0 Å². The van der Waals surface area contributed by atoms with Gasteiger partial charge < -0.3 is 9.71 Å². The molecular weight excluding hydrogens is 509 g/mol. The summed E-state index contributed by atoms with van der Waals surface area (Å²) in [6.45, 7) is -0.764. The van der Waals surface area contributed by atoms with Gasteiger partial charge in [0.15, 0.2) is 0 Å². The third-order valence-electron chi connectivity index (χ3n) is 6.55. The van der Waals surface area contributed by atoms with Crippen molar-refractivity contribution in [1.29, 1.82) is 0 Å². The second-order valence-electron chi connectivity index (χ2n) is 8.95. The van der Waals surface area contributed by atoms with Crippen molar-refractivity contribution in [2.24, 2.45) is 0 Å². The van der Waals surface area contributed by atoms with Crippen LogP contribution in [0.4, 0.5) is 8.78 Å². The van der Waals surface area contributed by atoms with E-state index in [1.54, 1.807) is 0 Å². The predicted molar refractivity (Wildman–Crippen MR) is 140 cm³/mol. The molecule has 2 aliphatic rings. The van der Waals surface area contributed by atoms with E-state index in [2.05, 4.69) is 5.32 Å². The highest BCUT2D eigenvalue weighted by atomic mass is 35.5. The van der Waals surface area contributed by atoms with Gasteiger partial charge in [0, 0.05) is 29.1 Å². The van der Waals surface area contributed by atoms with Crippen molar-refractivity contribution in [1.82, 2.24) is 15.0 Å². The number of hydrogen-bond donors (Lipinski definition) is 1. The molecule has 12 radical (unpaired) electrons. The summed E-state index contributed by atoms with van der Waals surface area (Å²) in [5.74, 6) is -8.07. The molecule has 4 amide bonds. The number of benzene rings is 2. The van der Waals surface area contributed by atoms with Gasteiger partial charge in [0.2, 0.25) is 19.8 Å². The zero-order chi connectivity index (χ0) is 28.3. The molecule has 1 fully saturated rings. The maximum Gasteiger partial charge on any atom is 0.348 e. The normalized spacial score (nSPS) is 18.8. The third kappa shape index (κ3) is 4.38. The number of amides is 4. The topological polar surface area (TPSA) is 86.8 Å². The first-order valence-electron chi connectivity index (χ1n) is 11.1. The van der Waals surface area contributed by atoms with Crippen LogP contribution in [-0.4, -0.2) is 86.6 Å². The zero-order valence-electron chi connectivity index (χ0n) is 19.6. The third-order valence-corrected chi connectivity index (χ3v) is 6.80. The molecule has 2 heterocycles. The van der Waals surface area contributed by atoms with Crippen molar-refractivity contribution in [2.75, 3.05) is 0 Å². The first-order chi connectivity index (χ1) is 17.6. The van der Waals surface area contributed by atoms with E-state index in [9.17, 15) is 28.0 Å². The number of rotatable bonds is 5. The number of hydrogen-bond acceptors (Lipinski definition) is 4. The van der Waals surface area contributed by atoms with E-state index < -0.39 is 53.0 Å². The van der Waals surface area contributed by atoms with E-state index in [1.165, 1.54) is 12.1 Å². The Hall–Kier alpha value is -2.94. The van der Waals surface area contributed by atoms with E-state index >= 15 is 0 Å². The van der Waals surface area contributed by atoms with Gasteiger partial charge in [-0.15, -0.1) is 0 Å². The highest BCUT2D eigenvalue weighted by Crippen LogP contribution is 2.36. The van der Waals surface area contributed by atoms with Gasteiger partial charge >= 0.3 is 5.92 Å². The van der Waals surface area contributed by atoms with Crippen molar-refractivity contribution in [3.05, 3.63) is 51.5 Å². The van der Waals surface area contributed by atoms with Gasteiger partial charge in [-0.25, -0.2) is 0 Å². The monoisotopic (exact) mass is 521 g/mol. The first-order valence-corrected chi connectivity index (χ1v) is 11.4. The van der Waals surface area contributed by atoms with Crippen LogP contribution >= 0.6 is 11.6 Å². The molecule has 178 valence electrons. The van der Waals surface area contributed by atoms with Crippen LogP contribution in [-0.2, 0) is 32.2 Å². The molecule has 1 N–H and O–H groups in total. The van der Waals surface area contributed by atoms with E-state index in [4.69, 9.17) is 58.8 Å². The summed E-state index contributed by atoms with van der Waals surface area (Å²) >= 11 is 5.73. The Kier molecular flexibility index (Phi) is 7.14. The SMILES string of the molecule is [B]c1c([B])c2c(c([B])c1CN([B])C(=O)C(F)(F)c1ccc(Cl)cc1)C([B])([B])N(C1CCC(=O)NC1=O)C2=O. The van der Waals surface area contributed by atoms with Crippen molar-refractivity contribution >= 4 is 98.8 Å². The number of piperidine rings is 1. The smallest absolute Gasteiger partial charge is 0.348 e. The Balaban J connectivity index is 1.71. The molecule has 1 atom stereocenters. The summed E-state index contributed by atoms with van der Waals surface area (Å²) in [6.07, 6.45) is -0.162. The molecule has 2 aromatic rings. The molecule has 0 saturated carbocycles. The molecule has 0 aromatic heterocycles.